The maximum Gasteiger partial charge on any atom is 0.223 e. The average Bonchev–Trinajstić information content (AvgIpc) is 3.09. The highest BCUT2D eigenvalue weighted by Gasteiger charge is 2.28. The van der Waals surface area contributed by atoms with Crippen LogP contribution in [0.5, 0.6) is 0 Å². The van der Waals surface area contributed by atoms with E-state index in [-0.39, 0.29) is 5.91 Å². The van der Waals surface area contributed by atoms with Gasteiger partial charge < -0.3 is 20.5 Å². The Hall–Kier alpha value is -2.24. The molecule has 2 aliphatic rings. The fourth-order valence-electron chi connectivity index (χ4n) is 4.13. The first-order valence-corrected chi connectivity index (χ1v) is 9.93. The first-order chi connectivity index (χ1) is 13.2. The average molecular weight is 385 g/mol. The first-order valence-electron chi connectivity index (χ1n) is 9.55. The number of hydrogen-bond donors (Lipinski definition) is 2. The number of hydrogen-bond acceptors (Lipinski definition) is 3. The number of benzene rings is 1. The molecule has 4 rings (SSSR count). The molecule has 142 valence electrons. The summed E-state index contributed by atoms with van der Waals surface area (Å²) in [6.07, 6.45) is 8.91. The molecule has 27 heavy (non-hydrogen) atoms. The predicted octanol–water partition coefficient (Wildman–Crippen LogP) is 3.26. The summed E-state index contributed by atoms with van der Waals surface area (Å²) >= 11 is 6.06. The first kappa shape index (κ1) is 18.1. The number of likely N-dealkylation sites (tertiary alicyclic amines) is 1. The third kappa shape index (κ3) is 3.62. The van der Waals surface area contributed by atoms with E-state index in [1.54, 1.807) is 0 Å². The summed E-state index contributed by atoms with van der Waals surface area (Å²) in [5, 5.41) is 4.07. The van der Waals surface area contributed by atoms with Crippen LogP contribution in [0.25, 0.3) is 11.8 Å². The molecule has 1 saturated heterocycles. The number of nitrogens with zero attached hydrogens (tertiary/aromatic N) is 2. The van der Waals surface area contributed by atoms with Crippen molar-refractivity contribution >= 4 is 23.6 Å². The van der Waals surface area contributed by atoms with Gasteiger partial charge in [-0.1, -0.05) is 11.6 Å². The summed E-state index contributed by atoms with van der Waals surface area (Å²) in [6.45, 7) is 2.86. The zero-order valence-electron chi connectivity index (χ0n) is 15.3. The number of fused-ring (bicyclic) bond motifs is 1. The van der Waals surface area contributed by atoms with Crippen molar-refractivity contribution < 1.29 is 4.79 Å². The van der Waals surface area contributed by atoms with Crippen LogP contribution in [0.3, 0.4) is 0 Å². The van der Waals surface area contributed by atoms with E-state index >= 15 is 0 Å². The minimum Gasteiger partial charge on any atom is -0.385 e. The molecule has 0 radical (unpaired) electrons. The number of carbonyl (C=O) groups excluding carboxylic acids is 1. The van der Waals surface area contributed by atoms with E-state index < -0.39 is 0 Å². The van der Waals surface area contributed by atoms with Crippen molar-refractivity contribution in [2.24, 2.45) is 5.73 Å². The lowest BCUT2D eigenvalue weighted by atomic mass is 9.87. The molecule has 0 atom stereocenters. The van der Waals surface area contributed by atoms with Crippen molar-refractivity contribution in [1.29, 1.82) is 0 Å². The molecule has 0 spiro atoms. The number of aromatic nitrogens is 1. The largest absolute Gasteiger partial charge is 0.385 e. The number of carbonyl (C=O) groups is 1. The van der Waals surface area contributed by atoms with Crippen LogP contribution < -0.4 is 11.1 Å². The van der Waals surface area contributed by atoms with Crippen molar-refractivity contribution in [2.75, 3.05) is 19.6 Å². The second-order valence-corrected chi connectivity index (χ2v) is 7.64. The maximum absolute atomic E-state index is 12.1. The quantitative estimate of drug-likeness (QED) is 0.850. The topological polar surface area (TPSA) is 63.3 Å². The normalized spacial score (nSPS) is 16.9. The van der Waals surface area contributed by atoms with Gasteiger partial charge >= 0.3 is 0 Å². The van der Waals surface area contributed by atoms with Gasteiger partial charge in [-0.15, -0.1) is 0 Å². The lowest BCUT2D eigenvalue weighted by molar-refractivity contribution is -0.132. The van der Waals surface area contributed by atoms with Gasteiger partial charge in [-0.05, 0) is 60.9 Å². The molecule has 2 aromatic rings. The minimum atomic E-state index is 0.181. The Bertz CT molecular complexity index is 848. The lowest BCUT2D eigenvalue weighted by Gasteiger charge is -2.32. The number of nitrogens with two attached hydrogens (primary N) is 1. The van der Waals surface area contributed by atoms with Gasteiger partial charge in [-0.25, -0.2) is 0 Å². The van der Waals surface area contributed by atoms with E-state index in [0.29, 0.717) is 18.9 Å². The van der Waals surface area contributed by atoms with Crippen LogP contribution in [0.2, 0.25) is 5.02 Å². The van der Waals surface area contributed by atoms with Gasteiger partial charge in [0.2, 0.25) is 5.91 Å². The van der Waals surface area contributed by atoms with Crippen LogP contribution in [0.1, 0.15) is 42.0 Å². The highest BCUT2D eigenvalue weighted by atomic mass is 35.5. The standard InChI is InChI=1S/C21H25ClN4O/c22-16-1-3-17(4-2-16)26-14-19(18-6-10-24-13-20(18)26)15-7-11-25(12-8-15)21(27)5-9-23/h1-4,6,10,14-15,24H,5,7-9,11-13,23H2. The molecule has 0 bridgehead atoms. The number of nitrogens with one attached hydrogen (secondary N) is 1. The molecule has 0 saturated carbocycles. The second-order valence-electron chi connectivity index (χ2n) is 7.20. The third-order valence-corrected chi connectivity index (χ3v) is 5.82. The van der Waals surface area contributed by atoms with Gasteiger partial charge in [-0.2, -0.15) is 0 Å². The molecule has 6 heteroatoms. The van der Waals surface area contributed by atoms with Crippen molar-refractivity contribution in [3.63, 3.8) is 0 Å². The summed E-state index contributed by atoms with van der Waals surface area (Å²) in [6, 6.07) is 7.96. The van der Waals surface area contributed by atoms with Crippen molar-refractivity contribution in [3.05, 3.63) is 58.5 Å². The van der Waals surface area contributed by atoms with Crippen molar-refractivity contribution in [2.45, 2.75) is 31.7 Å². The minimum absolute atomic E-state index is 0.181. The second kappa shape index (κ2) is 7.79. The highest BCUT2D eigenvalue weighted by Crippen LogP contribution is 2.36. The van der Waals surface area contributed by atoms with Gasteiger partial charge in [0, 0.05) is 54.2 Å². The Labute approximate surface area is 164 Å². The highest BCUT2D eigenvalue weighted by molar-refractivity contribution is 6.30. The number of halogens is 1. The van der Waals surface area contributed by atoms with E-state index in [0.717, 1.165) is 43.2 Å². The Morgan fingerprint density at radius 3 is 2.67 bits per heavy atom. The zero-order valence-corrected chi connectivity index (χ0v) is 16.1. The summed E-state index contributed by atoms with van der Waals surface area (Å²) < 4.78 is 2.27. The molecule has 3 N–H and O–H groups in total. The fourth-order valence-corrected chi connectivity index (χ4v) is 4.26. The van der Waals surface area contributed by atoms with Crippen molar-refractivity contribution in [3.8, 4) is 5.69 Å². The van der Waals surface area contributed by atoms with Crippen LogP contribution in [0.15, 0.2) is 36.7 Å². The summed E-state index contributed by atoms with van der Waals surface area (Å²) in [5.41, 5.74) is 10.6. The van der Waals surface area contributed by atoms with Crippen LogP contribution in [-0.2, 0) is 11.3 Å². The van der Waals surface area contributed by atoms with Crippen molar-refractivity contribution in [1.82, 2.24) is 14.8 Å². The third-order valence-electron chi connectivity index (χ3n) is 5.57. The Morgan fingerprint density at radius 1 is 1.22 bits per heavy atom. The molecule has 1 aromatic heterocycles. The molecule has 5 nitrogen and oxygen atoms in total. The van der Waals surface area contributed by atoms with Crippen LogP contribution >= 0.6 is 11.6 Å². The Kier molecular flexibility index (Phi) is 5.23. The molecule has 0 aliphatic carbocycles. The zero-order chi connectivity index (χ0) is 18.8. The van der Waals surface area contributed by atoms with Gasteiger partial charge in [0.1, 0.15) is 0 Å². The molecule has 1 fully saturated rings. The predicted molar refractivity (Wildman–Crippen MR) is 109 cm³/mol. The monoisotopic (exact) mass is 384 g/mol. The van der Waals surface area contributed by atoms with Gasteiger partial charge in [0.25, 0.3) is 0 Å². The lowest BCUT2D eigenvalue weighted by Crippen LogP contribution is -2.38. The number of piperidine rings is 1. The molecule has 3 heterocycles. The van der Waals surface area contributed by atoms with Crippen LogP contribution in [0, 0.1) is 0 Å². The Morgan fingerprint density at radius 2 is 1.96 bits per heavy atom. The summed E-state index contributed by atoms with van der Waals surface area (Å²) in [4.78, 5) is 14.1. The molecule has 1 amide bonds. The molecular formula is C21H25ClN4O. The van der Waals surface area contributed by atoms with E-state index in [2.05, 4.69) is 34.3 Å². The maximum atomic E-state index is 12.1. The molecular weight excluding hydrogens is 360 g/mol. The van der Waals surface area contributed by atoms with Gasteiger partial charge in [-0.3, -0.25) is 4.79 Å². The Balaban J connectivity index is 1.60. The van der Waals surface area contributed by atoms with E-state index in [1.165, 1.54) is 16.8 Å². The van der Waals surface area contributed by atoms with E-state index in [4.69, 9.17) is 17.3 Å². The summed E-state index contributed by atoms with van der Waals surface area (Å²) in [7, 11) is 0. The van der Waals surface area contributed by atoms with E-state index in [9.17, 15) is 4.79 Å². The fraction of sp³-hybridized carbons (Fsp3) is 0.381. The van der Waals surface area contributed by atoms with E-state index in [1.807, 2.05) is 23.2 Å². The summed E-state index contributed by atoms with van der Waals surface area (Å²) in [5.74, 6) is 0.651. The molecule has 0 unspecified atom stereocenters. The smallest absolute Gasteiger partial charge is 0.223 e. The molecule has 2 aliphatic heterocycles. The number of amides is 1. The van der Waals surface area contributed by atoms with Crippen LogP contribution in [-0.4, -0.2) is 35.0 Å². The SMILES string of the molecule is NCCC(=O)N1CCC(c2cn(-c3ccc(Cl)cc3)c3c2C=CNC3)CC1. The van der Waals surface area contributed by atoms with Gasteiger partial charge in [0.05, 0.1) is 6.54 Å². The van der Waals surface area contributed by atoms with Crippen LogP contribution in [0.4, 0.5) is 0 Å². The van der Waals surface area contributed by atoms with Gasteiger partial charge in [0.15, 0.2) is 0 Å². The molecule has 1 aromatic carbocycles. The number of rotatable bonds is 4.